The molecule has 4 rings (SSSR count). The molecule has 1 saturated carbocycles. The molecule has 25 heavy (non-hydrogen) atoms. The van der Waals surface area contributed by atoms with Gasteiger partial charge in [0.15, 0.2) is 0 Å². The van der Waals surface area contributed by atoms with Gasteiger partial charge in [0.1, 0.15) is 11.9 Å². The van der Waals surface area contributed by atoms with Crippen LogP contribution in [0.3, 0.4) is 0 Å². The van der Waals surface area contributed by atoms with E-state index >= 15 is 0 Å². The van der Waals surface area contributed by atoms with Crippen LogP contribution < -0.4 is 15.4 Å². The molecule has 1 aliphatic heterocycles. The highest BCUT2D eigenvalue weighted by molar-refractivity contribution is 5.86. The Morgan fingerprint density at radius 1 is 1.16 bits per heavy atom. The van der Waals surface area contributed by atoms with E-state index in [0.29, 0.717) is 11.9 Å². The number of aryl methyl sites for hydroxylation is 1. The zero-order valence-corrected chi connectivity index (χ0v) is 14.8. The van der Waals surface area contributed by atoms with Crippen LogP contribution in [0.1, 0.15) is 31.2 Å². The summed E-state index contributed by atoms with van der Waals surface area (Å²) in [5, 5.41) is 0.992. The molecule has 6 nitrogen and oxygen atoms in total. The summed E-state index contributed by atoms with van der Waals surface area (Å²) < 4.78 is 11.8. The quantitative estimate of drug-likeness (QED) is 0.923. The average Bonchev–Trinajstić information content (AvgIpc) is 2.64. The number of pyridine rings is 2. The van der Waals surface area contributed by atoms with E-state index in [1.807, 2.05) is 13.1 Å². The van der Waals surface area contributed by atoms with Gasteiger partial charge in [0, 0.05) is 31.4 Å². The van der Waals surface area contributed by atoms with Gasteiger partial charge in [0.2, 0.25) is 5.88 Å². The average molecular weight is 342 g/mol. The number of hydrogen-bond acceptors (Lipinski definition) is 6. The number of morpholine rings is 1. The van der Waals surface area contributed by atoms with Crippen molar-refractivity contribution in [3.8, 4) is 5.88 Å². The molecule has 3 heterocycles. The first kappa shape index (κ1) is 16.5. The Hall–Kier alpha value is -1.92. The fourth-order valence-corrected chi connectivity index (χ4v) is 3.59. The van der Waals surface area contributed by atoms with E-state index in [2.05, 4.69) is 22.0 Å². The molecule has 2 aromatic rings. The van der Waals surface area contributed by atoms with Crippen LogP contribution in [0.25, 0.3) is 10.9 Å². The Kier molecular flexibility index (Phi) is 4.72. The van der Waals surface area contributed by atoms with Crippen molar-refractivity contribution in [1.29, 1.82) is 0 Å². The number of aromatic nitrogens is 2. The molecule has 0 spiro atoms. The molecule has 1 aliphatic carbocycles. The minimum absolute atomic E-state index is 0.191. The van der Waals surface area contributed by atoms with E-state index in [1.54, 1.807) is 0 Å². The highest BCUT2D eigenvalue weighted by Gasteiger charge is 2.23. The third-order valence-electron chi connectivity index (χ3n) is 5.10. The second kappa shape index (κ2) is 7.14. The fraction of sp³-hybridized carbons (Fsp3) is 0.579. The molecular weight excluding hydrogens is 316 g/mol. The smallest absolute Gasteiger partial charge is 0.225 e. The van der Waals surface area contributed by atoms with Crippen molar-refractivity contribution in [3.63, 3.8) is 0 Å². The van der Waals surface area contributed by atoms with Gasteiger partial charge in [0.25, 0.3) is 0 Å². The number of rotatable bonds is 3. The summed E-state index contributed by atoms with van der Waals surface area (Å²) in [6.45, 7) is 5.21. The summed E-state index contributed by atoms with van der Waals surface area (Å²) in [6, 6.07) is 4.49. The van der Waals surface area contributed by atoms with Gasteiger partial charge in [-0.05, 0) is 44.2 Å². The second-order valence-corrected chi connectivity index (χ2v) is 7.12. The maximum Gasteiger partial charge on any atom is 0.225 e. The highest BCUT2D eigenvalue weighted by Crippen LogP contribution is 2.31. The first-order valence-corrected chi connectivity index (χ1v) is 9.21. The van der Waals surface area contributed by atoms with Crippen molar-refractivity contribution < 1.29 is 9.47 Å². The molecule has 0 aromatic carbocycles. The van der Waals surface area contributed by atoms with Crippen molar-refractivity contribution in [2.75, 3.05) is 31.2 Å². The van der Waals surface area contributed by atoms with Gasteiger partial charge in [0.05, 0.1) is 24.1 Å². The largest absolute Gasteiger partial charge is 0.474 e. The molecule has 2 N–H and O–H groups in total. The summed E-state index contributed by atoms with van der Waals surface area (Å²) in [5.41, 5.74) is 8.07. The monoisotopic (exact) mass is 342 g/mol. The minimum atomic E-state index is 0.191. The van der Waals surface area contributed by atoms with Crippen LogP contribution in [0.4, 0.5) is 5.82 Å². The Morgan fingerprint density at radius 3 is 2.68 bits per heavy atom. The first-order valence-electron chi connectivity index (χ1n) is 9.21. The Morgan fingerprint density at radius 2 is 1.92 bits per heavy atom. The molecule has 6 heteroatoms. The van der Waals surface area contributed by atoms with Crippen LogP contribution in [-0.2, 0) is 4.74 Å². The molecule has 0 bridgehead atoms. The van der Waals surface area contributed by atoms with E-state index in [1.165, 1.54) is 0 Å². The second-order valence-electron chi connectivity index (χ2n) is 7.12. The summed E-state index contributed by atoms with van der Waals surface area (Å²) in [5.74, 6) is 1.63. The summed E-state index contributed by atoms with van der Waals surface area (Å²) in [6.07, 6.45) is 6.11. The lowest BCUT2D eigenvalue weighted by Gasteiger charge is -2.30. The first-order chi connectivity index (χ1) is 12.2. The zero-order chi connectivity index (χ0) is 17.2. The lowest BCUT2D eigenvalue weighted by molar-refractivity contribution is 0.122. The number of fused-ring (bicyclic) bond motifs is 1. The molecule has 134 valence electrons. The summed E-state index contributed by atoms with van der Waals surface area (Å²) in [4.78, 5) is 11.7. The molecule has 2 fully saturated rings. The molecule has 1 saturated heterocycles. The molecule has 0 amide bonds. The maximum absolute atomic E-state index is 6.34. The van der Waals surface area contributed by atoms with Gasteiger partial charge in [-0.2, -0.15) is 4.98 Å². The molecule has 2 aromatic heterocycles. The van der Waals surface area contributed by atoms with Crippen LogP contribution in [0.5, 0.6) is 5.88 Å². The Labute approximate surface area is 148 Å². The van der Waals surface area contributed by atoms with E-state index in [0.717, 1.165) is 74.3 Å². The van der Waals surface area contributed by atoms with Crippen molar-refractivity contribution in [3.05, 3.63) is 23.9 Å². The van der Waals surface area contributed by atoms with Gasteiger partial charge >= 0.3 is 0 Å². The van der Waals surface area contributed by atoms with Crippen molar-refractivity contribution >= 4 is 16.7 Å². The topological polar surface area (TPSA) is 73.5 Å². The van der Waals surface area contributed by atoms with Gasteiger partial charge in [-0.25, -0.2) is 0 Å². The summed E-state index contributed by atoms with van der Waals surface area (Å²) >= 11 is 0. The molecule has 2 aliphatic rings. The van der Waals surface area contributed by atoms with E-state index in [-0.39, 0.29) is 6.10 Å². The lowest BCUT2D eigenvalue weighted by Crippen LogP contribution is -2.37. The number of ether oxygens (including phenoxy) is 2. The Bertz CT molecular complexity index is 738. The van der Waals surface area contributed by atoms with Crippen LogP contribution in [0, 0.1) is 6.92 Å². The van der Waals surface area contributed by atoms with Crippen LogP contribution >= 0.6 is 0 Å². The van der Waals surface area contributed by atoms with Gasteiger partial charge < -0.3 is 20.1 Å². The van der Waals surface area contributed by atoms with E-state index < -0.39 is 0 Å². The molecule has 0 unspecified atom stereocenters. The van der Waals surface area contributed by atoms with Crippen LogP contribution in [-0.4, -0.2) is 48.4 Å². The number of anilines is 1. The molecule has 0 atom stereocenters. The zero-order valence-electron chi connectivity index (χ0n) is 14.8. The lowest BCUT2D eigenvalue weighted by atomic mass is 9.94. The van der Waals surface area contributed by atoms with Gasteiger partial charge in [-0.3, -0.25) is 4.98 Å². The van der Waals surface area contributed by atoms with Crippen molar-refractivity contribution in [1.82, 2.24) is 9.97 Å². The normalized spacial score (nSPS) is 24.5. The third-order valence-corrected chi connectivity index (χ3v) is 5.10. The van der Waals surface area contributed by atoms with E-state index in [4.69, 9.17) is 20.2 Å². The summed E-state index contributed by atoms with van der Waals surface area (Å²) in [7, 11) is 0. The minimum Gasteiger partial charge on any atom is -0.474 e. The predicted octanol–water partition coefficient (Wildman–Crippen LogP) is 2.42. The van der Waals surface area contributed by atoms with Crippen molar-refractivity contribution in [2.45, 2.75) is 44.8 Å². The van der Waals surface area contributed by atoms with E-state index in [9.17, 15) is 0 Å². The molecule has 0 radical (unpaired) electrons. The van der Waals surface area contributed by atoms with Crippen LogP contribution in [0.2, 0.25) is 0 Å². The van der Waals surface area contributed by atoms with Gasteiger partial charge in [-0.15, -0.1) is 0 Å². The Balaban J connectivity index is 1.67. The fourth-order valence-electron chi connectivity index (χ4n) is 3.59. The van der Waals surface area contributed by atoms with Gasteiger partial charge in [-0.1, -0.05) is 0 Å². The number of nitrogens with two attached hydrogens (primary N) is 1. The third kappa shape index (κ3) is 3.70. The standard InChI is InChI=1S/C19H26N4O2/c1-13-10-16-17(21-12-13)11-18(23-6-8-24-9-7-23)22-19(16)25-15-4-2-14(20)3-5-15/h10-12,14-15H,2-9,20H2,1H3. The predicted molar refractivity (Wildman–Crippen MR) is 98.2 cm³/mol. The van der Waals surface area contributed by atoms with Crippen LogP contribution in [0.15, 0.2) is 18.3 Å². The molecular formula is C19H26N4O2. The maximum atomic E-state index is 6.34. The van der Waals surface area contributed by atoms with Crippen molar-refractivity contribution in [2.24, 2.45) is 5.73 Å². The SMILES string of the molecule is Cc1cnc2cc(N3CCOCC3)nc(OC3CCC(N)CC3)c2c1. The number of nitrogens with zero attached hydrogens (tertiary/aromatic N) is 3. The highest BCUT2D eigenvalue weighted by atomic mass is 16.5. The number of hydrogen-bond donors (Lipinski definition) is 1.